The summed E-state index contributed by atoms with van der Waals surface area (Å²) in [7, 11) is -34.9. The smallest absolute Gasteiger partial charge is 0.496 e. The maximum absolute atomic E-state index is 14.1. The van der Waals surface area contributed by atoms with Gasteiger partial charge in [0.15, 0.2) is 28.7 Å². The fourth-order valence-electron chi connectivity index (χ4n) is 6.09. The molecule has 37 heteroatoms. The third-order valence-electron chi connectivity index (χ3n) is 9.06. The van der Waals surface area contributed by atoms with Gasteiger partial charge in [-0.15, -0.1) is 0 Å². The van der Waals surface area contributed by atoms with E-state index in [2.05, 4.69) is 20.9 Å². The van der Waals surface area contributed by atoms with Crippen molar-refractivity contribution in [3.63, 3.8) is 0 Å². The van der Waals surface area contributed by atoms with Crippen LogP contribution in [0.3, 0.4) is 0 Å². The first kappa shape index (κ1) is 56.3. The summed E-state index contributed by atoms with van der Waals surface area (Å²) in [5.41, 5.74) is -41.2. The lowest BCUT2D eigenvalue weighted by atomic mass is 9.85. The van der Waals surface area contributed by atoms with Gasteiger partial charge in [0, 0.05) is 44.7 Å². The highest BCUT2D eigenvalue weighted by molar-refractivity contribution is 7.89. The van der Waals surface area contributed by atoms with Crippen LogP contribution in [0.4, 0.5) is 65.9 Å². The predicted octanol–water partition coefficient (Wildman–Crippen LogP) is 8.36. The molecule has 0 N–H and O–H groups in total. The largest absolute Gasteiger partial charge is 0.534 e. The molecule has 17 nitrogen and oxygen atoms in total. The van der Waals surface area contributed by atoms with Gasteiger partial charge in [-0.3, -0.25) is 0 Å². The summed E-state index contributed by atoms with van der Waals surface area (Å²) >= 11 is 0. The second-order valence-corrected chi connectivity index (χ2v) is 21.2. The van der Waals surface area contributed by atoms with E-state index >= 15 is 0 Å². The van der Waals surface area contributed by atoms with Crippen molar-refractivity contribution in [2.45, 2.75) is 62.2 Å². The highest BCUT2D eigenvalue weighted by Crippen LogP contribution is 2.60. The minimum Gasteiger partial charge on any atom is -0.496 e. The second kappa shape index (κ2) is 17.2. The number of hydrogen-bond acceptors (Lipinski definition) is 17. The van der Waals surface area contributed by atoms with Crippen LogP contribution >= 0.6 is 0 Å². The van der Waals surface area contributed by atoms with Gasteiger partial charge in [0.25, 0.3) is 0 Å². The molecule has 4 aromatic carbocycles. The van der Waals surface area contributed by atoms with E-state index in [-0.39, 0.29) is 6.07 Å². The molecule has 0 bridgehead atoms. The van der Waals surface area contributed by atoms with Crippen LogP contribution < -0.4 is 30.4 Å². The van der Waals surface area contributed by atoms with Crippen LogP contribution in [0.1, 0.15) is 27.8 Å². The number of benzene rings is 4. The van der Waals surface area contributed by atoms with Crippen molar-refractivity contribution in [3.8, 4) is 51.4 Å². The van der Waals surface area contributed by atoms with Crippen LogP contribution in [0.25, 0.3) is 32.7 Å². The van der Waals surface area contributed by atoms with Crippen LogP contribution in [0.15, 0.2) is 12.1 Å². The molecule has 0 radical (unpaired) electrons. The first-order chi connectivity index (χ1) is 30.6. The quantitative estimate of drug-likeness (QED) is 0.0694. The molecular weight excluding hydrogens is 1100 g/mol. The van der Waals surface area contributed by atoms with Gasteiger partial charge in [0.05, 0.1) is 25.0 Å². The van der Waals surface area contributed by atoms with Crippen molar-refractivity contribution in [1.29, 1.82) is 0 Å². The minimum absolute atomic E-state index is 0.0778. The SMILES string of the molecule is COc1cc(OS(=O)(=O)C(F)(F)F)c2c(OS(=O)(=O)C(F)(F)F)c(C)cc(C)c2c1-c1c(OC)c(C)c(OS(=O)(=O)C(F)(F)F)c2c(OS(=O)(=O)C(F)(F)F)c(C)c(C)c(OS(=O)(=O)C(F)(F)F)c12. The van der Waals surface area contributed by atoms with Crippen LogP contribution in [-0.2, 0) is 50.6 Å². The van der Waals surface area contributed by atoms with Crippen LogP contribution in [0.2, 0.25) is 0 Å². The molecule has 4 aromatic rings. The Bertz CT molecular complexity index is 3380. The Morgan fingerprint density at radius 1 is 0.333 bits per heavy atom. The van der Waals surface area contributed by atoms with E-state index in [1.165, 1.54) is 0 Å². The monoisotopic (exact) mass is 1120 g/mol. The first-order valence-electron chi connectivity index (χ1n) is 17.0. The molecule has 0 aliphatic carbocycles. The predicted molar refractivity (Wildman–Crippen MR) is 202 cm³/mol. The van der Waals surface area contributed by atoms with Gasteiger partial charge in [-0.25, -0.2) is 0 Å². The molecule has 0 fully saturated rings. The lowest BCUT2D eigenvalue weighted by molar-refractivity contribution is -0.0506. The van der Waals surface area contributed by atoms with Gasteiger partial charge in [0.2, 0.25) is 0 Å². The van der Waals surface area contributed by atoms with E-state index in [1.807, 2.05) is 0 Å². The third-order valence-corrected chi connectivity index (χ3v) is 13.8. The number of ether oxygens (including phenoxy) is 2. The Morgan fingerprint density at radius 2 is 0.667 bits per heavy atom. The van der Waals surface area contributed by atoms with E-state index in [1.54, 1.807) is 0 Å². The number of halogens is 15. The summed E-state index contributed by atoms with van der Waals surface area (Å²) < 4.78 is 366. The molecule has 0 unspecified atom stereocenters. The van der Waals surface area contributed by atoms with Crippen molar-refractivity contribution in [2.75, 3.05) is 14.2 Å². The van der Waals surface area contributed by atoms with E-state index in [0.29, 0.717) is 48.0 Å². The Hall–Kier alpha value is -5.30. The van der Waals surface area contributed by atoms with Crippen molar-refractivity contribution >= 4 is 72.1 Å². The van der Waals surface area contributed by atoms with Crippen molar-refractivity contribution in [2.24, 2.45) is 0 Å². The van der Waals surface area contributed by atoms with Crippen molar-refractivity contribution in [1.82, 2.24) is 0 Å². The number of methoxy groups -OCH3 is 2. The summed E-state index contributed by atoms with van der Waals surface area (Å²) in [6, 6.07) is 0.500. The molecule has 0 saturated heterocycles. The average Bonchev–Trinajstić information content (AvgIpc) is 3.14. The highest BCUT2D eigenvalue weighted by atomic mass is 32.2. The molecule has 0 aliphatic heterocycles. The average molecular weight is 1120 g/mol. The summed E-state index contributed by atoms with van der Waals surface area (Å²) in [4.78, 5) is 0. The molecule has 388 valence electrons. The lowest BCUT2D eigenvalue weighted by Crippen LogP contribution is -2.30. The summed E-state index contributed by atoms with van der Waals surface area (Å²) in [6.07, 6.45) is 0. The molecule has 0 amide bonds. The molecule has 0 aliphatic rings. The molecule has 0 heterocycles. The fourth-order valence-corrected chi connectivity index (χ4v) is 8.64. The molecule has 0 saturated carbocycles. The van der Waals surface area contributed by atoms with E-state index in [4.69, 9.17) is 9.47 Å². The van der Waals surface area contributed by atoms with E-state index in [9.17, 15) is 108 Å². The zero-order chi connectivity index (χ0) is 53.8. The molecule has 4 rings (SSSR count). The maximum Gasteiger partial charge on any atom is 0.534 e. The Labute approximate surface area is 377 Å². The normalized spacial score (nSPS) is 13.9. The topological polar surface area (TPSA) is 235 Å². The Morgan fingerprint density at radius 3 is 1.01 bits per heavy atom. The zero-order valence-corrected chi connectivity index (χ0v) is 38.4. The number of hydrogen-bond donors (Lipinski definition) is 0. The fraction of sp³-hybridized carbons (Fsp3) is 0.375. The van der Waals surface area contributed by atoms with Gasteiger partial charge in [0.1, 0.15) is 11.5 Å². The third kappa shape index (κ3) is 9.91. The highest BCUT2D eigenvalue weighted by Gasteiger charge is 2.54. The Kier molecular flexibility index (Phi) is 14.1. The van der Waals surface area contributed by atoms with Gasteiger partial charge >= 0.3 is 78.1 Å². The number of fused-ring (bicyclic) bond motifs is 2. The molecule has 0 spiro atoms. The van der Waals surface area contributed by atoms with Crippen molar-refractivity contribution in [3.05, 3.63) is 39.9 Å². The lowest BCUT2D eigenvalue weighted by Gasteiger charge is -2.27. The second-order valence-electron chi connectivity index (χ2n) is 13.5. The molecule has 0 atom stereocenters. The van der Waals surface area contributed by atoms with Crippen molar-refractivity contribution < 1.29 is 138 Å². The number of rotatable bonds is 13. The van der Waals surface area contributed by atoms with E-state index in [0.717, 1.165) is 6.92 Å². The zero-order valence-electron chi connectivity index (χ0n) is 34.3. The summed E-state index contributed by atoms with van der Waals surface area (Å²) in [5.74, 6) is -12.8. The van der Waals surface area contributed by atoms with Gasteiger partial charge in [-0.1, -0.05) is 6.07 Å². The van der Waals surface area contributed by atoms with Crippen LogP contribution in [0, 0.1) is 34.6 Å². The molecule has 0 aromatic heterocycles. The van der Waals surface area contributed by atoms with Crippen LogP contribution in [-0.4, -0.2) is 83.9 Å². The number of alkyl halides is 15. The maximum atomic E-state index is 14.1. The Balaban J connectivity index is 2.70. The standard InChI is InChI=1S/C32H23F15O17S5/c1-10-8-11(2)23(61-66(50,51)29(36,37)38)19-16(60-65(48,49)28(33,34)35)9-15(58-6)18(17(10)19)20-21-22(27(14(5)24(20)59-7)64-69(56,57)32(45,46)47)26(63-68(54,55)31(42,43)44)13(4)12(3)25(21)62-67(52,53)30(39,40)41/h8-9H,1-7H3. The summed E-state index contributed by atoms with van der Waals surface area (Å²) in [6.45, 7) is 2.63. The van der Waals surface area contributed by atoms with E-state index < -0.39 is 179 Å². The molecule has 69 heavy (non-hydrogen) atoms. The first-order valence-corrected chi connectivity index (χ1v) is 24.0. The van der Waals surface area contributed by atoms with Gasteiger partial charge in [-0.05, 0) is 45.7 Å². The molecular formula is C32H23F15O17S5. The van der Waals surface area contributed by atoms with Crippen LogP contribution in [0.5, 0.6) is 40.2 Å². The number of aryl methyl sites for hydroxylation is 2. The summed E-state index contributed by atoms with van der Waals surface area (Å²) in [5, 5.41) is -6.96. The minimum atomic E-state index is -7.26. The van der Waals surface area contributed by atoms with Gasteiger partial charge < -0.3 is 30.4 Å². The van der Waals surface area contributed by atoms with Gasteiger partial charge in [-0.2, -0.15) is 108 Å².